The molecular weight excluding hydrogens is 305 g/mol. The average molecular weight is 321 g/mol. The van der Waals surface area contributed by atoms with Gasteiger partial charge in [0.2, 0.25) is 0 Å². The van der Waals surface area contributed by atoms with Crippen LogP contribution in [0.5, 0.6) is 0 Å². The lowest BCUT2D eigenvalue weighted by molar-refractivity contribution is 0.628. The molecule has 3 aromatic heterocycles. The molecule has 0 spiro atoms. The first kappa shape index (κ1) is 14.6. The molecule has 0 aliphatic heterocycles. The second-order valence-electron chi connectivity index (χ2n) is 6.01. The van der Waals surface area contributed by atoms with E-state index in [2.05, 4.69) is 34.0 Å². The molecule has 4 rings (SSSR count). The van der Waals surface area contributed by atoms with Crippen LogP contribution >= 0.6 is 0 Å². The summed E-state index contributed by atoms with van der Waals surface area (Å²) in [6.45, 7) is 4.17. The van der Waals surface area contributed by atoms with E-state index < -0.39 is 0 Å². The Kier molecular flexibility index (Phi) is 3.37. The fourth-order valence-corrected chi connectivity index (χ4v) is 2.69. The van der Waals surface area contributed by atoms with Crippen LogP contribution in [0.3, 0.4) is 0 Å². The van der Waals surface area contributed by atoms with Crippen LogP contribution in [0, 0.1) is 5.82 Å². The molecule has 0 aliphatic carbocycles. The molecule has 1 aromatic carbocycles. The third kappa shape index (κ3) is 2.46. The van der Waals surface area contributed by atoms with Crippen molar-refractivity contribution in [3.8, 4) is 22.6 Å². The molecule has 5 nitrogen and oxygen atoms in total. The zero-order valence-electron chi connectivity index (χ0n) is 13.4. The van der Waals surface area contributed by atoms with Crippen molar-refractivity contribution in [3.63, 3.8) is 0 Å². The number of nitrogens with zero attached hydrogens (tertiary/aromatic N) is 4. The maximum absolute atomic E-state index is 13.1. The largest absolute Gasteiger partial charge is 0.338 e. The Balaban J connectivity index is 1.75. The molecule has 0 amide bonds. The first-order valence-corrected chi connectivity index (χ1v) is 7.78. The third-order valence-corrected chi connectivity index (χ3v) is 3.95. The van der Waals surface area contributed by atoms with Gasteiger partial charge in [-0.05, 0) is 42.0 Å². The highest BCUT2D eigenvalue weighted by atomic mass is 19.1. The summed E-state index contributed by atoms with van der Waals surface area (Å²) in [6, 6.07) is 10.2. The van der Waals surface area contributed by atoms with Crippen LogP contribution in [0.4, 0.5) is 4.39 Å². The van der Waals surface area contributed by atoms with E-state index in [1.807, 2.05) is 22.7 Å². The second kappa shape index (κ2) is 5.56. The number of rotatable bonds is 3. The van der Waals surface area contributed by atoms with Crippen molar-refractivity contribution < 1.29 is 4.39 Å². The van der Waals surface area contributed by atoms with Gasteiger partial charge in [0.25, 0.3) is 0 Å². The predicted molar refractivity (Wildman–Crippen MR) is 90.1 cm³/mol. The SMILES string of the molecule is CC(C)c1nnc2ccc(-c3ncc(-c4ccc(F)cc4)[nH]3)cn12. The highest BCUT2D eigenvalue weighted by Gasteiger charge is 2.12. The van der Waals surface area contributed by atoms with Crippen molar-refractivity contribution >= 4 is 5.65 Å². The maximum atomic E-state index is 13.1. The van der Waals surface area contributed by atoms with Crippen LogP contribution in [0.25, 0.3) is 28.3 Å². The summed E-state index contributed by atoms with van der Waals surface area (Å²) >= 11 is 0. The van der Waals surface area contributed by atoms with Crippen molar-refractivity contribution in [2.24, 2.45) is 0 Å². The molecule has 0 fully saturated rings. The summed E-state index contributed by atoms with van der Waals surface area (Å²) in [4.78, 5) is 7.73. The monoisotopic (exact) mass is 321 g/mol. The molecule has 0 aliphatic rings. The minimum Gasteiger partial charge on any atom is -0.338 e. The Morgan fingerprint density at radius 2 is 1.75 bits per heavy atom. The zero-order chi connectivity index (χ0) is 16.7. The number of H-pyrrole nitrogens is 1. The van der Waals surface area contributed by atoms with Crippen LogP contribution in [-0.2, 0) is 0 Å². The van der Waals surface area contributed by atoms with E-state index in [1.54, 1.807) is 18.3 Å². The Hall–Kier alpha value is -3.02. The molecule has 0 saturated heterocycles. The van der Waals surface area contributed by atoms with Gasteiger partial charge in [-0.3, -0.25) is 4.40 Å². The van der Waals surface area contributed by atoms with E-state index in [0.717, 1.165) is 34.1 Å². The number of fused-ring (bicyclic) bond motifs is 1. The number of hydrogen-bond donors (Lipinski definition) is 1. The lowest BCUT2D eigenvalue weighted by atomic mass is 10.2. The second-order valence-corrected chi connectivity index (χ2v) is 6.01. The van der Waals surface area contributed by atoms with Crippen molar-refractivity contribution in [2.75, 3.05) is 0 Å². The first-order valence-electron chi connectivity index (χ1n) is 7.78. The molecule has 6 heteroatoms. The number of benzene rings is 1. The summed E-state index contributed by atoms with van der Waals surface area (Å²) < 4.78 is 15.0. The molecule has 0 atom stereocenters. The van der Waals surface area contributed by atoms with Crippen LogP contribution < -0.4 is 0 Å². The molecule has 4 aromatic rings. The van der Waals surface area contributed by atoms with Crippen LogP contribution in [0.1, 0.15) is 25.6 Å². The Morgan fingerprint density at radius 1 is 1.00 bits per heavy atom. The number of halogens is 1. The first-order chi connectivity index (χ1) is 11.6. The van der Waals surface area contributed by atoms with Gasteiger partial charge in [0.1, 0.15) is 17.5 Å². The van der Waals surface area contributed by atoms with E-state index >= 15 is 0 Å². The molecule has 0 bridgehead atoms. The molecular formula is C18H16FN5. The van der Waals surface area contributed by atoms with Gasteiger partial charge < -0.3 is 4.98 Å². The van der Waals surface area contributed by atoms with Gasteiger partial charge in [-0.1, -0.05) is 13.8 Å². The van der Waals surface area contributed by atoms with E-state index in [0.29, 0.717) is 0 Å². The topological polar surface area (TPSA) is 58.9 Å². The Morgan fingerprint density at radius 3 is 2.50 bits per heavy atom. The number of aromatic amines is 1. The van der Waals surface area contributed by atoms with Gasteiger partial charge in [-0.15, -0.1) is 10.2 Å². The minimum absolute atomic E-state index is 0.252. The molecule has 1 N–H and O–H groups in total. The average Bonchev–Trinajstić information content (AvgIpc) is 3.22. The van der Waals surface area contributed by atoms with Gasteiger partial charge in [0.15, 0.2) is 5.65 Å². The smallest absolute Gasteiger partial charge is 0.160 e. The lowest BCUT2D eigenvalue weighted by Gasteiger charge is -2.04. The summed E-state index contributed by atoms with van der Waals surface area (Å²) in [7, 11) is 0. The van der Waals surface area contributed by atoms with E-state index in [4.69, 9.17) is 0 Å². The molecule has 0 unspecified atom stereocenters. The van der Waals surface area contributed by atoms with E-state index in [9.17, 15) is 4.39 Å². The summed E-state index contributed by atoms with van der Waals surface area (Å²) in [5.41, 5.74) is 3.49. The molecule has 0 radical (unpaired) electrons. The fraction of sp³-hybridized carbons (Fsp3) is 0.167. The normalized spacial score (nSPS) is 11.5. The lowest BCUT2D eigenvalue weighted by Crippen LogP contribution is -1.97. The highest BCUT2D eigenvalue weighted by Crippen LogP contribution is 2.23. The van der Waals surface area contributed by atoms with Crippen molar-refractivity contribution in [2.45, 2.75) is 19.8 Å². The van der Waals surface area contributed by atoms with Crippen molar-refractivity contribution in [1.82, 2.24) is 24.6 Å². The zero-order valence-corrected chi connectivity index (χ0v) is 13.4. The molecule has 3 heterocycles. The van der Waals surface area contributed by atoms with Gasteiger partial charge in [0.05, 0.1) is 11.9 Å². The number of aromatic nitrogens is 5. The third-order valence-electron chi connectivity index (χ3n) is 3.95. The summed E-state index contributed by atoms with van der Waals surface area (Å²) in [5, 5.41) is 8.42. The fourth-order valence-electron chi connectivity index (χ4n) is 2.69. The highest BCUT2D eigenvalue weighted by molar-refractivity contribution is 5.65. The summed E-state index contributed by atoms with van der Waals surface area (Å²) in [5.74, 6) is 1.69. The van der Waals surface area contributed by atoms with Crippen LogP contribution in [-0.4, -0.2) is 24.6 Å². The number of nitrogens with one attached hydrogen (secondary N) is 1. The number of pyridine rings is 1. The quantitative estimate of drug-likeness (QED) is 0.619. The molecule has 24 heavy (non-hydrogen) atoms. The van der Waals surface area contributed by atoms with Crippen molar-refractivity contribution in [3.05, 3.63) is 60.4 Å². The number of hydrogen-bond acceptors (Lipinski definition) is 3. The molecule has 0 saturated carbocycles. The van der Waals surface area contributed by atoms with Crippen LogP contribution in [0.15, 0.2) is 48.8 Å². The Bertz CT molecular complexity index is 998. The predicted octanol–water partition coefficient (Wildman–Crippen LogP) is 4.05. The number of imidazole rings is 1. The maximum Gasteiger partial charge on any atom is 0.160 e. The van der Waals surface area contributed by atoms with Gasteiger partial charge >= 0.3 is 0 Å². The molecule has 120 valence electrons. The van der Waals surface area contributed by atoms with Crippen LogP contribution in [0.2, 0.25) is 0 Å². The standard InChI is InChI=1S/C18H16FN5/c1-11(2)18-23-22-16-8-5-13(10-24(16)18)17-20-9-15(21-17)12-3-6-14(19)7-4-12/h3-11H,1-2H3,(H,20,21). The van der Waals surface area contributed by atoms with E-state index in [1.165, 1.54) is 12.1 Å². The van der Waals surface area contributed by atoms with Crippen molar-refractivity contribution in [1.29, 1.82) is 0 Å². The van der Waals surface area contributed by atoms with Gasteiger partial charge in [-0.2, -0.15) is 0 Å². The van der Waals surface area contributed by atoms with Gasteiger partial charge in [-0.25, -0.2) is 9.37 Å². The minimum atomic E-state index is -0.252. The van der Waals surface area contributed by atoms with E-state index in [-0.39, 0.29) is 11.7 Å². The summed E-state index contributed by atoms with van der Waals surface area (Å²) in [6.07, 6.45) is 3.74. The van der Waals surface area contributed by atoms with Gasteiger partial charge in [0, 0.05) is 17.7 Å². The Labute approximate surface area is 138 Å².